The topological polar surface area (TPSA) is 12.0 Å². The van der Waals surface area contributed by atoms with E-state index in [0.717, 1.165) is 6.42 Å². The van der Waals surface area contributed by atoms with Gasteiger partial charge in [-0.1, -0.05) is 38.7 Å². The summed E-state index contributed by atoms with van der Waals surface area (Å²) >= 11 is 0. The van der Waals surface area contributed by atoms with Gasteiger partial charge in [-0.2, -0.15) is 0 Å². The van der Waals surface area contributed by atoms with E-state index in [4.69, 9.17) is 0 Å². The predicted octanol–water partition coefficient (Wildman–Crippen LogP) is 3.90. The molecular weight excluding hydrogens is 170 g/mol. The van der Waals surface area contributed by atoms with E-state index in [1.807, 2.05) is 6.08 Å². The van der Waals surface area contributed by atoms with Crippen LogP contribution < -0.4 is 5.32 Å². The molecule has 0 saturated carbocycles. The highest BCUT2D eigenvalue weighted by atomic mass is 14.9. The Bertz CT molecular complexity index is 131. The van der Waals surface area contributed by atoms with E-state index in [0.29, 0.717) is 12.1 Å². The molecule has 0 spiro atoms. The van der Waals surface area contributed by atoms with Crippen molar-refractivity contribution in [2.75, 3.05) is 0 Å². The number of unbranched alkanes of at least 4 members (excludes halogenated alkanes) is 3. The summed E-state index contributed by atoms with van der Waals surface area (Å²) in [4.78, 5) is 0. The molecule has 1 nitrogen and oxygen atoms in total. The van der Waals surface area contributed by atoms with Crippen LogP contribution in [0.5, 0.6) is 0 Å². The highest BCUT2D eigenvalue weighted by Crippen LogP contribution is 2.06. The van der Waals surface area contributed by atoms with Crippen molar-refractivity contribution in [2.45, 2.75) is 71.4 Å². The van der Waals surface area contributed by atoms with E-state index < -0.39 is 0 Å². The summed E-state index contributed by atoms with van der Waals surface area (Å²) in [6.45, 7) is 10.5. The fourth-order valence-electron chi connectivity index (χ4n) is 1.76. The smallest absolute Gasteiger partial charge is 0.00756 e. The maximum absolute atomic E-state index is 3.75. The molecule has 0 fully saturated rings. The van der Waals surface area contributed by atoms with Gasteiger partial charge in [-0.3, -0.25) is 0 Å². The van der Waals surface area contributed by atoms with Crippen LogP contribution in [-0.4, -0.2) is 12.1 Å². The molecule has 0 aromatic heterocycles. The monoisotopic (exact) mass is 197 g/mol. The summed E-state index contributed by atoms with van der Waals surface area (Å²) in [6.07, 6.45) is 9.83. The minimum Gasteiger partial charge on any atom is -0.311 e. The van der Waals surface area contributed by atoms with Gasteiger partial charge in [-0.25, -0.2) is 0 Å². The molecule has 2 atom stereocenters. The van der Waals surface area contributed by atoms with E-state index in [1.54, 1.807) is 0 Å². The molecule has 0 heterocycles. The molecule has 0 aliphatic heterocycles. The molecule has 0 aromatic rings. The van der Waals surface area contributed by atoms with Crippen LogP contribution in [0.2, 0.25) is 0 Å². The third-order valence-corrected chi connectivity index (χ3v) is 2.58. The van der Waals surface area contributed by atoms with Crippen LogP contribution in [0.15, 0.2) is 12.7 Å². The van der Waals surface area contributed by atoms with E-state index in [9.17, 15) is 0 Å². The molecule has 0 aromatic carbocycles. The zero-order valence-electron chi connectivity index (χ0n) is 10.2. The van der Waals surface area contributed by atoms with E-state index in [-0.39, 0.29) is 0 Å². The third kappa shape index (κ3) is 8.31. The fraction of sp³-hybridized carbons (Fsp3) is 0.846. The highest BCUT2D eigenvalue weighted by Gasteiger charge is 2.04. The Morgan fingerprint density at radius 1 is 1.14 bits per heavy atom. The first-order valence-corrected chi connectivity index (χ1v) is 6.07. The van der Waals surface area contributed by atoms with Crippen molar-refractivity contribution in [3.63, 3.8) is 0 Å². The molecule has 0 rings (SSSR count). The Morgan fingerprint density at radius 3 is 2.43 bits per heavy atom. The summed E-state index contributed by atoms with van der Waals surface area (Å²) in [7, 11) is 0. The molecule has 0 saturated heterocycles. The second-order valence-corrected chi connectivity index (χ2v) is 4.34. The Balaban J connectivity index is 3.34. The van der Waals surface area contributed by atoms with Gasteiger partial charge in [0.1, 0.15) is 0 Å². The zero-order valence-corrected chi connectivity index (χ0v) is 10.2. The summed E-state index contributed by atoms with van der Waals surface area (Å²) in [5, 5.41) is 3.59. The van der Waals surface area contributed by atoms with Crippen molar-refractivity contribution in [3.05, 3.63) is 12.7 Å². The van der Waals surface area contributed by atoms with Crippen LogP contribution in [0, 0.1) is 0 Å². The highest BCUT2D eigenvalue weighted by molar-refractivity contribution is 4.76. The second kappa shape index (κ2) is 9.26. The maximum atomic E-state index is 3.75. The van der Waals surface area contributed by atoms with E-state index in [2.05, 4.69) is 32.7 Å². The standard InChI is InChI=1S/C13H27N/c1-5-7-8-9-11-13(4)14-12(3)10-6-2/h6,12-14H,2,5,7-11H2,1,3-4H3. The van der Waals surface area contributed by atoms with Gasteiger partial charge in [0.25, 0.3) is 0 Å². The Hall–Kier alpha value is -0.300. The molecule has 0 aliphatic carbocycles. The van der Waals surface area contributed by atoms with Gasteiger partial charge in [0, 0.05) is 12.1 Å². The molecule has 0 aliphatic rings. The lowest BCUT2D eigenvalue weighted by molar-refractivity contribution is 0.431. The fourth-order valence-corrected chi connectivity index (χ4v) is 1.76. The van der Waals surface area contributed by atoms with Gasteiger partial charge in [-0.15, -0.1) is 6.58 Å². The zero-order chi connectivity index (χ0) is 10.8. The van der Waals surface area contributed by atoms with Gasteiger partial charge >= 0.3 is 0 Å². The SMILES string of the molecule is C=CCC(C)NC(C)CCCCCC. The van der Waals surface area contributed by atoms with Gasteiger partial charge < -0.3 is 5.32 Å². The minimum atomic E-state index is 0.577. The average molecular weight is 197 g/mol. The molecule has 14 heavy (non-hydrogen) atoms. The molecule has 84 valence electrons. The molecule has 1 heteroatoms. The van der Waals surface area contributed by atoms with Gasteiger partial charge in [0.2, 0.25) is 0 Å². The lowest BCUT2D eigenvalue weighted by atomic mass is 10.1. The van der Waals surface area contributed by atoms with Crippen LogP contribution in [0.4, 0.5) is 0 Å². The van der Waals surface area contributed by atoms with Crippen molar-refractivity contribution in [3.8, 4) is 0 Å². The Morgan fingerprint density at radius 2 is 1.86 bits per heavy atom. The molecule has 0 bridgehead atoms. The van der Waals surface area contributed by atoms with Crippen LogP contribution in [-0.2, 0) is 0 Å². The molecule has 1 N–H and O–H groups in total. The van der Waals surface area contributed by atoms with Crippen molar-refractivity contribution in [2.24, 2.45) is 0 Å². The van der Waals surface area contributed by atoms with Crippen molar-refractivity contribution in [1.29, 1.82) is 0 Å². The molecule has 2 unspecified atom stereocenters. The molecular formula is C13H27N. The average Bonchev–Trinajstić information content (AvgIpc) is 2.13. The third-order valence-electron chi connectivity index (χ3n) is 2.58. The quantitative estimate of drug-likeness (QED) is 0.436. The normalized spacial score (nSPS) is 15.1. The molecule has 0 amide bonds. The summed E-state index contributed by atoms with van der Waals surface area (Å²) < 4.78 is 0. The number of rotatable bonds is 9. The first-order valence-electron chi connectivity index (χ1n) is 6.07. The largest absolute Gasteiger partial charge is 0.311 e. The molecule has 0 radical (unpaired) electrons. The maximum Gasteiger partial charge on any atom is 0.00756 e. The van der Waals surface area contributed by atoms with Crippen LogP contribution >= 0.6 is 0 Å². The summed E-state index contributed by atoms with van der Waals surface area (Å²) in [5.74, 6) is 0. The summed E-state index contributed by atoms with van der Waals surface area (Å²) in [6, 6.07) is 1.23. The lowest BCUT2D eigenvalue weighted by Gasteiger charge is -2.18. The van der Waals surface area contributed by atoms with E-state index >= 15 is 0 Å². The van der Waals surface area contributed by atoms with Gasteiger partial charge in [0.05, 0.1) is 0 Å². The Labute approximate surface area is 90.0 Å². The minimum absolute atomic E-state index is 0.577. The van der Waals surface area contributed by atoms with Crippen LogP contribution in [0.1, 0.15) is 59.3 Å². The first kappa shape index (κ1) is 13.7. The number of hydrogen-bond donors (Lipinski definition) is 1. The van der Waals surface area contributed by atoms with Crippen LogP contribution in [0.3, 0.4) is 0 Å². The second-order valence-electron chi connectivity index (χ2n) is 4.34. The number of nitrogens with one attached hydrogen (secondary N) is 1. The van der Waals surface area contributed by atoms with Crippen molar-refractivity contribution < 1.29 is 0 Å². The Kier molecular flexibility index (Phi) is 9.06. The van der Waals surface area contributed by atoms with Crippen molar-refractivity contribution in [1.82, 2.24) is 5.32 Å². The predicted molar refractivity (Wildman–Crippen MR) is 65.6 cm³/mol. The van der Waals surface area contributed by atoms with Gasteiger partial charge in [-0.05, 0) is 26.7 Å². The van der Waals surface area contributed by atoms with Crippen LogP contribution in [0.25, 0.3) is 0 Å². The number of hydrogen-bond acceptors (Lipinski definition) is 1. The van der Waals surface area contributed by atoms with Gasteiger partial charge in [0.15, 0.2) is 0 Å². The summed E-state index contributed by atoms with van der Waals surface area (Å²) in [5.41, 5.74) is 0. The van der Waals surface area contributed by atoms with E-state index in [1.165, 1.54) is 32.1 Å². The first-order chi connectivity index (χ1) is 6.70. The lowest BCUT2D eigenvalue weighted by Crippen LogP contribution is -2.33. The van der Waals surface area contributed by atoms with Crippen molar-refractivity contribution >= 4 is 0 Å².